The molecule has 0 bridgehead atoms. The fourth-order valence-corrected chi connectivity index (χ4v) is 2.54. The average Bonchev–Trinajstić information content (AvgIpc) is 3.06. The van der Waals surface area contributed by atoms with Gasteiger partial charge in [-0.15, -0.1) is 5.10 Å². The number of fused-ring (bicyclic) bond motifs is 1. The number of aromatic nitrogens is 4. The molecule has 0 saturated heterocycles. The van der Waals surface area contributed by atoms with E-state index in [2.05, 4.69) is 20.4 Å². The van der Waals surface area contributed by atoms with Crippen LogP contribution in [0.5, 0.6) is 5.75 Å². The molecule has 1 amide bonds. The summed E-state index contributed by atoms with van der Waals surface area (Å²) in [6, 6.07) is 9.77. The predicted octanol–water partition coefficient (Wildman–Crippen LogP) is 2.19. The fourth-order valence-electron chi connectivity index (χ4n) is 2.54. The zero-order valence-electron chi connectivity index (χ0n) is 14.6. The number of aryl methyl sites for hydroxylation is 2. The molecule has 3 aromatic rings. The number of rotatable bonds is 6. The Balaban J connectivity index is 1.58. The van der Waals surface area contributed by atoms with Crippen LogP contribution in [0.2, 0.25) is 0 Å². The molecule has 25 heavy (non-hydrogen) atoms. The maximum absolute atomic E-state index is 12.3. The number of carbonyl (C=O) groups is 1. The molecule has 0 aliphatic carbocycles. The van der Waals surface area contributed by atoms with Gasteiger partial charge in [0.2, 0.25) is 5.82 Å². The molecule has 0 aliphatic heterocycles. The monoisotopic (exact) mass is 339 g/mol. The molecule has 1 atom stereocenters. The number of hydrogen-bond donors (Lipinski definition) is 1. The van der Waals surface area contributed by atoms with Crippen LogP contribution in [0.1, 0.15) is 35.2 Å². The van der Waals surface area contributed by atoms with E-state index in [1.54, 1.807) is 17.8 Å². The Morgan fingerprint density at radius 1 is 1.28 bits per heavy atom. The van der Waals surface area contributed by atoms with Gasteiger partial charge in [-0.05, 0) is 50.5 Å². The minimum Gasteiger partial charge on any atom is -0.497 e. The SMILES string of the molecule is COc1ccc(CC[C@H](C)NC(=O)c2nc3nccc(C)n3n2)cc1. The van der Waals surface area contributed by atoms with Crippen LogP contribution in [0.3, 0.4) is 0 Å². The molecule has 0 aliphatic rings. The predicted molar refractivity (Wildman–Crippen MR) is 93.8 cm³/mol. The highest BCUT2D eigenvalue weighted by molar-refractivity contribution is 5.91. The van der Waals surface area contributed by atoms with Crippen molar-refractivity contribution in [3.63, 3.8) is 0 Å². The van der Waals surface area contributed by atoms with Crippen molar-refractivity contribution < 1.29 is 9.53 Å². The smallest absolute Gasteiger partial charge is 0.291 e. The number of amides is 1. The molecule has 2 aromatic heterocycles. The van der Waals surface area contributed by atoms with Crippen molar-refractivity contribution >= 4 is 11.7 Å². The van der Waals surface area contributed by atoms with Crippen molar-refractivity contribution in [2.45, 2.75) is 32.7 Å². The number of nitrogens with zero attached hydrogens (tertiary/aromatic N) is 4. The summed E-state index contributed by atoms with van der Waals surface area (Å²) >= 11 is 0. The van der Waals surface area contributed by atoms with Crippen molar-refractivity contribution in [3.05, 3.63) is 53.6 Å². The second kappa shape index (κ2) is 7.29. The maximum atomic E-state index is 12.3. The molecule has 3 rings (SSSR count). The number of benzene rings is 1. The molecule has 7 heteroatoms. The molecular weight excluding hydrogens is 318 g/mol. The fraction of sp³-hybridized carbons (Fsp3) is 0.333. The number of nitrogens with one attached hydrogen (secondary N) is 1. The standard InChI is InChI=1S/C18H21N5O2/c1-12(4-5-14-6-8-15(25-3)9-7-14)20-17(24)16-21-18-19-11-10-13(2)23(18)22-16/h6-12H,4-5H2,1-3H3,(H,20,24)/t12-/m0/s1. The van der Waals surface area contributed by atoms with Crippen molar-refractivity contribution in [2.75, 3.05) is 7.11 Å². The summed E-state index contributed by atoms with van der Waals surface area (Å²) in [7, 11) is 1.65. The quantitative estimate of drug-likeness (QED) is 0.744. The van der Waals surface area contributed by atoms with Gasteiger partial charge in [-0.1, -0.05) is 12.1 Å². The Morgan fingerprint density at radius 3 is 2.72 bits per heavy atom. The highest BCUT2D eigenvalue weighted by Gasteiger charge is 2.16. The summed E-state index contributed by atoms with van der Waals surface area (Å²) in [6.07, 6.45) is 3.34. The molecule has 0 unspecified atom stereocenters. The van der Waals surface area contributed by atoms with Gasteiger partial charge in [-0.2, -0.15) is 4.98 Å². The van der Waals surface area contributed by atoms with E-state index in [0.717, 1.165) is 24.3 Å². The van der Waals surface area contributed by atoms with Gasteiger partial charge in [0.1, 0.15) is 5.75 Å². The zero-order chi connectivity index (χ0) is 17.8. The summed E-state index contributed by atoms with van der Waals surface area (Å²) < 4.78 is 6.72. The Labute approximate surface area is 146 Å². The van der Waals surface area contributed by atoms with Gasteiger partial charge in [0, 0.05) is 17.9 Å². The molecule has 0 saturated carbocycles. The minimum atomic E-state index is -0.285. The third-order valence-electron chi connectivity index (χ3n) is 4.04. The van der Waals surface area contributed by atoms with Gasteiger partial charge in [-0.25, -0.2) is 9.50 Å². The molecule has 1 N–H and O–H groups in total. The Morgan fingerprint density at radius 2 is 2.04 bits per heavy atom. The van der Waals surface area contributed by atoms with Crippen LogP contribution in [0, 0.1) is 6.92 Å². The summed E-state index contributed by atoms with van der Waals surface area (Å²) in [5.41, 5.74) is 2.08. The lowest BCUT2D eigenvalue weighted by Crippen LogP contribution is -2.33. The van der Waals surface area contributed by atoms with E-state index in [-0.39, 0.29) is 17.8 Å². The molecule has 7 nitrogen and oxygen atoms in total. The highest BCUT2D eigenvalue weighted by Crippen LogP contribution is 2.13. The van der Waals surface area contributed by atoms with Gasteiger partial charge in [-0.3, -0.25) is 4.79 Å². The normalized spacial score (nSPS) is 12.1. The maximum Gasteiger partial charge on any atom is 0.291 e. The van der Waals surface area contributed by atoms with Crippen molar-refractivity contribution in [2.24, 2.45) is 0 Å². The lowest BCUT2D eigenvalue weighted by Gasteiger charge is -2.12. The van der Waals surface area contributed by atoms with Gasteiger partial charge in [0.05, 0.1) is 7.11 Å². The second-order valence-electron chi connectivity index (χ2n) is 5.99. The van der Waals surface area contributed by atoms with E-state index in [9.17, 15) is 4.79 Å². The first-order valence-corrected chi connectivity index (χ1v) is 8.19. The zero-order valence-corrected chi connectivity index (χ0v) is 14.6. The third kappa shape index (κ3) is 3.93. The minimum absolute atomic E-state index is 0.00951. The van der Waals surface area contributed by atoms with Crippen LogP contribution >= 0.6 is 0 Å². The van der Waals surface area contributed by atoms with Gasteiger partial charge in [0.25, 0.3) is 11.7 Å². The third-order valence-corrected chi connectivity index (χ3v) is 4.04. The summed E-state index contributed by atoms with van der Waals surface area (Å²) in [4.78, 5) is 20.6. The van der Waals surface area contributed by atoms with Crippen molar-refractivity contribution in [1.82, 2.24) is 24.9 Å². The largest absolute Gasteiger partial charge is 0.497 e. The van der Waals surface area contributed by atoms with Gasteiger partial charge < -0.3 is 10.1 Å². The number of ether oxygens (including phenoxy) is 1. The van der Waals surface area contributed by atoms with Crippen molar-refractivity contribution in [1.29, 1.82) is 0 Å². The van der Waals surface area contributed by atoms with E-state index < -0.39 is 0 Å². The second-order valence-corrected chi connectivity index (χ2v) is 5.99. The number of methoxy groups -OCH3 is 1. The molecule has 130 valence electrons. The lowest BCUT2D eigenvalue weighted by atomic mass is 10.1. The van der Waals surface area contributed by atoms with Crippen LogP contribution < -0.4 is 10.1 Å². The van der Waals surface area contributed by atoms with Crippen LogP contribution in [-0.4, -0.2) is 38.6 Å². The van der Waals surface area contributed by atoms with Crippen LogP contribution in [0.25, 0.3) is 5.78 Å². The van der Waals surface area contributed by atoms with E-state index in [0.29, 0.717) is 5.78 Å². The first-order chi connectivity index (χ1) is 12.1. The average molecular weight is 339 g/mol. The summed E-state index contributed by atoms with van der Waals surface area (Å²) in [5, 5.41) is 7.16. The topological polar surface area (TPSA) is 81.4 Å². The molecule has 0 spiro atoms. The lowest BCUT2D eigenvalue weighted by molar-refractivity contribution is 0.0928. The number of carbonyl (C=O) groups excluding carboxylic acids is 1. The van der Waals surface area contributed by atoms with E-state index in [1.165, 1.54) is 5.56 Å². The van der Waals surface area contributed by atoms with Crippen LogP contribution in [0.4, 0.5) is 0 Å². The van der Waals surface area contributed by atoms with Crippen LogP contribution in [-0.2, 0) is 6.42 Å². The Hall–Kier alpha value is -2.96. The molecule has 2 heterocycles. The van der Waals surface area contributed by atoms with Crippen molar-refractivity contribution in [3.8, 4) is 5.75 Å². The first kappa shape index (κ1) is 16.9. The molecular formula is C18H21N5O2. The number of hydrogen-bond acceptors (Lipinski definition) is 5. The van der Waals surface area contributed by atoms with Crippen LogP contribution in [0.15, 0.2) is 36.5 Å². The first-order valence-electron chi connectivity index (χ1n) is 8.19. The summed E-state index contributed by atoms with van der Waals surface area (Å²) in [6.45, 7) is 3.86. The van der Waals surface area contributed by atoms with E-state index in [4.69, 9.17) is 4.74 Å². The Kier molecular flexibility index (Phi) is 4.92. The van der Waals surface area contributed by atoms with E-state index in [1.807, 2.05) is 44.2 Å². The summed E-state index contributed by atoms with van der Waals surface area (Å²) in [5.74, 6) is 1.12. The van der Waals surface area contributed by atoms with Gasteiger partial charge in [0.15, 0.2) is 0 Å². The van der Waals surface area contributed by atoms with E-state index >= 15 is 0 Å². The molecule has 0 fully saturated rings. The molecule has 0 radical (unpaired) electrons. The molecule has 1 aromatic carbocycles. The highest BCUT2D eigenvalue weighted by atomic mass is 16.5. The Bertz CT molecular complexity index is 873. The van der Waals surface area contributed by atoms with Gasteiger partial charge >= 0.3 is 0 Å².